The average molecular weight is 334 g/mol. The van der Waals surface area contributed by atoms with Gasteiger partial charge in [0, 0.05) is 32.0 Å². The van der Waals surface area contributed by atoms with Gasteiger partial charge in [-0.3, -0.25) is 4.79 Å². The standard InChI is InChI=1S/C17H20ClN3O2/c1-21(14-7-3-2-4-8-14)12-6-11-19-16(22)13-23-15-9-5-10-20-17(15)18/h2-5,7-10H,6,11-13H2,1H3,(H,19,22). The second kappa shape index (κ2) is 9.00. The minimum atomic E-state index is -0.174. The SMILES string of the molecule is CN(CCCNC(=O)COc1cccnc1Cl)c1ccccc1. The fourth-order valence-corrected chi connectivity index (χ4v) is 2.20. The molecule has 122 valence electrons. The predicted molar refractivity (Wildman–Crippen MR) is 92.1 cm³/mol. The number of pyridine rings is 1. The Morgan fingerprint density at radius 3 is 2.78 bits per heavy atom. The van der Waals surface area contributed by atoms with Gasteiger partial charge in [0.2, 0.25) is 0 Å². The van der Waals surface area contributed by atoms with Crippen molar-refractivity contribution in [2.24, 2.45) is 0 Å². The van der Waals surface area contributed by atoms with Gasteiger partial charge in [0.25, 0.3) is 5.91 Å². The molecule has 2 aromatic rings. The van der Waals surface area contributed by atoms with E-state index in [0.29, 0.717) is 12.3 Å². The van der Waals surface area contributed by atoms with Crippen molar-refractivity contribution in [3.8, 4) is 5.75 Å². The van der Waals surface area contributed by atoms with E-state index in [1.54, 1.807) is 18.3 Å². The summed E-state index contributed by atoms with van der Waals surface area (Å²) >= 11 is 5.85. The molecule has 1 aromatic heterocycles. The highest BCUT2D eigenvalue weighted by Gasteiger charge is 2.06. The van der Waals surface area contributed by atoms with Crippen LogP contribution in [0.5, 0.6) is 5.75 Å². The predicted octanol–water partition coefficient (Wildman–Crippen LogP) is 2.76. The van der Waals surface area contributed by atoms with Crippen molar-refractivity contribution in [2.45, 2.75) is 6.42 Å². The number of carbonyl (C=O) groups is 1. The first-order valence-electron chi connectivity index (χ1n) is 7.43. The van der Waals surface area contributed by atoms with Crippen molar-refractivity contribution < 1.29 is 9.53 Å². The number of para-hydroxylation sites is 1. The molecule has 0 radical (unpaired) electrons. The highest BCUT2D eigenvalue weighted by Crippen LogP contribution is 2.19. The summed E-state index contributed by atoms with van der Waals surface area (Å²) in [6.45, 7) is 1.39. The quantitative estimate of drug-likeness (QED) is 0.596. The highest BCUT2D eigenvalue weighted by molar-refractivity contribution is 6.30. The van der Waals surface area contributed by atoms with E-state index in [1.165, 1.54) is 0 Å². The van der Waals surface area contributed by atoms with E-state index >= 15 is 0 Å². The minimum Gasteiger partial charge on any atom is -0.481 e. The third-order valence-electron chi connectivity index (χ3n) is 3.27. The van der Waals surface area contributed by atoms with Crippen molar-refractivity contribution in [2.75, 3.05) is 31.6 Å². The van der Waals surface area contributed by atoms with Crippen molar-refractivity contribution in [1.82, 2.24) is 10.3 Å². The van der Waals surface area contributed by atoms with E-state index in [2.05, 4.69) is 27.3 Å². The number of hydrogen-bond donors (Lipinski definition) is 1. The molecule has 0 aliphatic carbocycles. The van der Waals surface area contributed by atoms with Crippen LogP contribution in [0.3, 0.4) is 0 Å². The van der Waals surface area contributed by atoms with Crippen LogP contribution in [-0.2, 0) is 4.79 Å². The first-order chi connectivity index (χ1) is 11.2. The fourth-order valence-electron chi connectivity index (χ4n) is 2.03. The number of ether oxygens (including phenoxy) is 1. The number of carbonyl (C=O) groups excluding carboxylic acids is 1. The fraction of sp³-hybridized carbons (Fsp3) is 0.294. The molecule has 0 bridgehead atoms. The molecule has 0 aliphatic rings. The molecule has 0 saturated heterocycles. The molecular weight excluding hydrogens is 314 g/mol. The van der Waals surface area contributed by atoms with Gasteiger partial charge in [-0.15, -0.1) is 0 Å². The third kappa shape index (κ3) is 5.79. The Morgan fingerprint density at radius 1 is 1.26 bits per heavy atom. The Morgan fingerprint density at radius 2 is 2.04 bits per heavy atom. The number of rotatable bonds is 8. The van der Waals surface area contributed by atoms with Gasteiger partial charge in [-0.2, -0.15) is 0 Å². The van der Waals surface area contributed by atoms with Gasteiger partial charge in [0.1, 0.15) is 0 Å². The van der Waals surface area contributed by atoms with Gasteiger partial charge in [0.15, 0.2) is 17.5 Å². The van der Waals surface area contributed by atoms with E-state index < -0.39 is 0 Å². The van der Waals surface area contributed by atoms with Crippen LogP contribution in [0.15, 0.2) is 48.7 Å². The molecule has 1 heterocycles. The van der Waals surface area contributed by atoms with Gasteiger partial charge in [-0.05, 0) is 30.7 Å². The zero-order chi connectivity index (χ0) is 16.5. The molecule has 0 fully saturated rings. The van der Waals surface area contributed by atoms with Crippen molar-refractivity contribution in [1.29, 1.82) is 0 Å². The van der Waals surface area contributed by atoms with Gasteiger partial charge >= 0.3 is 0 Å². The number of benzene rings is 1. The molecule has 1 amide bonds. The molecule has 1 N–H and O–H groups in total. The lowest BCUT2D eigenvalue weighted by Crippen LogP contribution is -2.31. The molecule has 0 aliphatic heterocycles. The number of nitrogens with zero attached hydrogens (tertiary/aromatic N) is 2. The molecule has 23 heavy (non-hydrogen) atoms. The second-order valence-electron chi connectivity index (χ2n) is 5.04. The Hall–Kier alpha value is -2.27. The number of aromatic nitrogens is 1. The monoisotopic (exact) mass is 333 g/mol. The topological polar surface area (TPSA) is 54.5 Å². The lowest BCUT2D eigenvalue weighted by molar-refractivity contribution is -0.123. The zero-order valence-electron chi connectivity index (χ0n) is 13.0. The van der Waals surface area contributed by atoms with Crippen molar-refractivity contribution in [3.05, 3.63) is 53.8 Å². The van der Waals surface area contributed by atoms with Gasteiger partial charge in [-0.25, -0.2) is 4.98 Å². The summed E-state index contributed by atoms with van der Waals surface area (Å²) in [5.74, 6) is 0.236. The summed E-state index contributed by atoms with van der Waals surface area (Å²) in [4.78, 5) is 17.8. The normalized spacial score (nSPS) is 10.2. The van der Waals surface area contributed by atoms with Crippen LogP contribution in [0.4, 0.5) is 5.69 Å². The van der Waals surface area contributed by atoms with Crippen LogP contribution in [0.1, 0.15) is 6.42 Å². The Balaban J connectivity index is 1.62. The van der Waals surface area contributed by atoms with E-state index in [4.69, 9.17) is 16.3 Å². The Kier molecular flexibility index (Phi) is 6.69. The average Bonchev–Trinajstić information content (AvgIpc) is 2.58. The molecule has 0 saturated carbocycles. The van der Waals surface area contributed by atoms with Crippen molar-refractivity contribution >= 4 is 23.2 Å². The lowest BCUT2D eigenvalue weighted by atomic mass is 10.3. The van der Waals surface area contributed by atoms with Crippen LogP contribution in [-0.4, -0.2) is 37.6 Å². The second-order valence-corrected chi connectivity index (χ2v) is 5.40. The summed E-state index contributed by atoms with van der Waals surface area (Å²) in [7, 11) is 2.03. The van der Waals surface area contributed by atoms with Gasteiger partial charge in [0.05, 0.1) is 0 Å². The third-order valence-corrected chi connectivity index (χ3v) is 3.56. The number of amides is 1. The minimum absolute atomic E-state index is 0.0695. The number of nitrogens with one attached hydrogen (secondary N) is 1. The van der Waals surface area contributed by atoms with Gasteiger partial charge < -0.3 is 15.0 Å². The van der Waals surface area contributed by atoms with Crippen LogP contribution >= 0.6 is 11.6 Å². The van der Waals surface area contributed by atoms with E-state index in [9.17, 15) is 4.79 Å². The molecular formula is C17H20ClN3O2. The van der Waals surface area contributed by atoms with E-state index in [1.807, 2.05) is 25.2 Å². The van der Waals surface area contributed by atoms with Crippen LogP contribution < -0.4 is 15.0 Å². The maximum Gasteiger partial charge on any atom is 0.257 e. The molecule has 0 unspecified atom stereocenters. The van der Waals surface area contributed by atoms with Gasteiger partial charge in [-0.1, -0.05) is 29.8 Å². The number of hydrogen-bond acceptors (Lipinski definition) is 4. The summed E-state index contributed by atoms with van der Waals surface area (Å²) in [6.07, 6.45) is 2.42. The van der Waals surface area contributed by atoms with E-state index in [0.717, 1.165) is 18.7 Å². The zero-order valence-corrected chi connectivity index (χ0v) is 13.8. The maximum atomic E-state index is 11.7. The molecule has 2 rings (SSSR count). The molecule has 5 nitrogen and oxygen atoms in total. The van der Waals surface area contributed by atoms with E-state index in [-0.39, 0.29) is 17.7 Å². The summed E-state index contributed by atoms with van der Waals surface area (Å²) < 4.78 is 5.33. The largest absolute Gasteiger partial charge is 0.481 e. The molecule has 1 aromatic carbocycles. The number of halogens is 1. The smallest absolute Gasteiger partial charge is 0.257 e. The Bertz CT molecular complexity index is 622. The lowest BCUT2D eigenvalue weighted by Gasteiger charge is -2.19. The molecule has 6 heteroatoms. The van der Waals surface area contributed by atoms with Crippen LogP contribution in [0, 0.1) is 0 Å². The molecule has 0 atom stereocenters. The first-order valence-corrected chi connectivity index (χ1v) is 7.81. The van der Waals surface area contributed by atoms with Crippen molar-refractivity contribution in [3.63, 3.8) is 0 Å². The maximum absolute atomic E-state index is 11.7. The summed E-state index contributed by atoms with van der Waals surface area (Å²) in [6, 6.07) is 13.5. The molecule has 0 spiro atoms. The summed E-state index contributed by atoms with van der Waals surface area (Å²) in [5, 5.41) is 3.08. The van der Waals surface area contributed by atoms with Crippen LogP contribution in [0.2, 0.25) is 5.15 Å². The highest BCUT2D eigenvalue weighted by atomic mass is 35.5. The first kappa shape index (κ1) is 17.1. The van der Waals surface area contributed by atoms with Crippen LogP contribution in [0.25, 0.3) is 0 Å². The summed E-state index contributed by atoms with van der Waals surface area (Å²) in [5.41, 5.74) is 1.16. The number of anilines is 1. The Labute approximate surface area is 141 Å².